The first-order valence-corrected chi connectivity index (χ1v) is 6.57. The molecule has 2 rings (SSSR count). The van der Waals surface area contributed by atoms with Gasteiger partial charge < -0.3 is 4.74 Å². The van der Waals surface area contributed by atoms with Gasteiger partial charge >= 0.3 is 6.61 Å². The molecule has 2 aromatic rings. The summed E-state index contributed by atoms with van der Waals surface area (Å²) in [7, 11) is 0. The first-order valence-electron chi connectivity index (χ1n) is 5.75. The van der Waals surface area contributed by atoms with Crippen LogP contribution >= 0.6 is 11.3 Å². The van der Waals surface area contributed by atoms with E-state index in [9.17, 15) is 13.6 Å². The van der Waals surface area contributed by atoms with Crippen LogP contribution in [0.5, 0.6) is 5.75 Å². The summed E-state index contributed by atoms with van der Waals surface area (Å²) in [4.78, 5) is 16.5. The van der Waals surface area contributed by atoms with E-state index in [1.54, 1.807) is 16.7 Å². The molecular formula is C13H12F2N2O2S. The summed E-state index contributed by atoms with van der Waals surface area (Å²) < 4.78 is 30.2. The number of carbonyl (C=O) groups excluding carboxylic acids is 1. The topological polar surface area (TPSA) is 43.6 Å². The fraction of sp³-hybridized carbons (Fsp3) is 0.231. The quantitative estimate of drug-likeness (QED) is 0.874. The zero-order valence-corrected chi connectivity index (χ0v) is 11.7. The van der Waals surface area contributed by atoms with Crippen molar-refractivity contribution >= 4 is 17.2 Å². The van der Waals surface area contributed by atoms with Crippen LogP contribution < -0.4 is 9.54 Å². The molecule has 0 bridgehead atoms. The molecule has 0 aliphatic rings. The van der Waals surface area contributed by atoms with Crippen molar-refractivity contribution in [2.45, 2.75) is 20.5 Å². The Balaban J connectivity index is 2.39. The van der Waals surface area contributed by atoms with Crippen molar-refractivity contribution in [3.63, 3.8) is 0 Å². The predicted molar refractivity (Wildman–Crippen MR) is 71.3 cm³/mol. The summed E-state index contributed by atoms with van der Waals surface area (Å²) in [5.74, 6) is -0.209. The van der Waals surface area contributed by atoms with E-state index >= 15 is 0 Å². The Labute approximate surface area is 118 Å². The first-order chi connectivity index (χ1) is 9.45. The Morgan fingerprint density at radius 1 is 1.35 bits per heavy atom. The Kier molecular flexibility index (Phi) is 4.29. The van der Waals surface area contributed by atoms with Gasteiger partial charge in [0, 0.05) is 23.7 Å². The SMILES string of the molecule is CC(=O)N=c1sc(C)cn1-c1ccc(OC(F)F)cc1. The van der Waals surface area contributed by atoms with Crippen LogP contribution in [0.2, 0.25) is 0 Å². The fourth-order valence-electron chi connectivity index (χ4n) is 1.64. The van der Waals surface area contributed by atoms with Crippen LogP contribution in [0.15, 0.2) is 35.5 Å². The van der Waals surface area contributed by atoms with Gasteiger partial charge in [-0.25, -0.2) is 0 Å². The first kappa shape index (κ1) is 14.4. The average molecular weight is 298 g/mol. The Bertz CT molecular complexity index is 674. The second kappa shape index (κ2) is 5.96. The minimum atomic E-state index is -2.85. The van der Waals surface area contributed by atoms with E-state index in [0.29, 0.717) is 4.80 Å². The molecule has 0 saturated carbocycles. The van der Waals surface area contributed by atoms with Crippen molar-refractivity contribution in [1.82, 2.24) is 4.57 Å². The van der Waals surface area contributed by atoms with Crippen molar-refractivity contribution < 1.29 is 18.3 Å². The minimum Gasteiger partial charge on any atom is -0.435 e. The molecule has 0 N–H and O–H groups in total. The molecule has 0 atom stereocenters. The zero-order chi connectivity index (χ0) is 14.7. The minimum absolute atomic E-state index is 0.0846. The third-order valence-electron chi connectivity index (χ3n) is 2.36. The number of nitrogens with zero attached hydrogens (tertiary/aromatic N) is 2. The molecule has 106 valence electrons. The van der Waals surface area contributed by atoms with Gasteiger partial charge in [-0.1, -0.05) is 0 Å². The summed E-state index contributed by atoms with van der Waals surface area (Å²) in [6, 6.07) is 6.14. The lowest BCUT2D eigenvalue weighted by atomic mass is 10.3. The molecule has 20 heavy (non-hydrogen) atoms. The van der Waals surface area contributed by atoms with Crippen LogP contribution in [0.1, 0.15) is 11.8 Å². The van der Waals surface area contributed by atoms with Crippen LogP contribution in [0.3, 0.4) is 0 Å². The molecule has 1 amide bonds. The van der Waals surface area contributed by atoms with Gasteiger partial charge in [0.05, 0.1) is 0 Å². The summed E-state index contributed by atoms with van der Waals surface area (Å²) in [5, 5.41) is 0. The molecule has 0 radical (unpaired) electrons. The number of carbonyl (C=O) groups is 1. The second-order valence-electron chi connectivity index (χ2n) is 4.00. The maximum absolute atomic E-state index is 12.1. The number of aromatic nitrogens is 1. The normalized spacial score (nSPS) is 11.9. The van der Waals surface area contributed by atoms with Crippen LogP contribution in [-0.2, 0) is 4.79 Å². The van der Waals surface area contributed by atoms with Gasteiger partial charge in [-0.2, -0.15) is 13.8 Å². The maximum atomic E-state index is 12.1. The third kappa shape index (κ3) is 3.51. The molecular weight excluding hydrogens is 286 g/mol. The lowest BCUT2D eigenvalue weighted by Crippen LogP contribution is -2.13. The number of amides is 1. The number of halogens is 2. The van der Waals surface area contributed by atoms with Crippen LogP contribution in [0.4, 0.5) is 8.78 Å². The highest BCUT2D eigenvalue weighted by atomic mass is 32.1. The standard InChI is InChI=1S/C13H12F2N2O2S/c1-8-7-17(13(20-8)16-9(2)18)10-3-5-11(6-4-10)19-12(14)15/h3-7,12H,1-2H3. The molecule has 1 aromatic carbocycles. The van der Waals surface area contributed by atoms with E-state index in [1.165, 1.54) is 30.4 Å². The number of rotatable bonds is 3. The van der Waals surface area contributed by atoms with E-state index in [2.05, 4.69) is 9.73 Å². The van der Waals surface area contributed by atoms with Crippen LogP contribution in [-0.4, -0.2) is 17.1 Å². The number of alkyl halides is 2. The van der Waals surface area contributed by atoms with E-state index in [-0.39, 0.29) is 11.7 Å². The van der Waals surface area contributed by atoms with Gasteiger partial charge in [0.2, 0.25) is 5.91 Å². The number of ether oxygens (including phenoxy) is 1. The van der Waals surface area contributed by atoms with Crippen molar-refractivity contribution in [2.24, 2.45) is 4.99 Å². The van der Waals surface area contributed by atoms with Gasteiger partial charge in [-0.05, 0) is 31.2 Å². The number of hydrogen-bond acceptors (Lipinski definition) is 3. The van der Waals surface area contributed by atoms with Gasteiger partial charge in [0.1, 0.15) is 5.75 Å². The summed E-state index contributed by atoms with van der Waals surface area (Å²) in [6.07, 6.45) is 1.83. The zero-order valence-electron chi connectivity index (χ0n) is 10.8. The maximum Gasteiger partial charge on any atom is 0.387 e. The average Bonchev–Trinajstić information content (AvgIpc) is 2.69. The number of benzene rings is 1. The van der Waals surface area contributed by atoms with E-state index < -0.39 is 6.61 Å². The molecule has 0 fully saturated rings. The molecule has 0 saturated heterocycles. The Morgan fingerprint density at radius 3 is 2.55 bits per heavy atom. The van der Waals surface area contributed by atoms with Gasteiger partial charge in [-0.15, -0.1) is 11.3 Å². The smallest absolute Gasteiger partial charge is 0.387 e. The molecule has 4 nitrogen and oxygen atoms in total. The molecule has 0 spiro atoms. The number of hydrogen-bond donors (Lipinski definition) is 0. The van der Waals surface area contributed by atoms with Gasteiger partial charge in [0.15, 0.2) is 4.80 Å². The second-order valence-corrected chi connectivity index (χ2v) is 5.21. The third-order valence-corrected chi connectivity index (χ3v) is 3.26. The van der Waals surface area contributed by atoms with E-state index in [4.69, 9.17) is 0 Å². The molecule has 1 heterocycles. The lowest BCUT2D eigenvalue weighted by molar-refractivity contribution is -0.116. The van der Waals surface area contributed by atoms with Crippen molar-refractivity contribution in [1.29, 1.82) is 0 Å². The number of aryl methyl sites for hydroxylation is 1. The van der Waals surface area contributed by atoms with Crippen molar-refractivity contribution in [3.8, 4) is 11.4 Å². The molecule has 0 unspecified atom stereocenters. The Hall–Kier alpha value is -2.02. The lowest BCUT2D eigenvalue weighted by Gasteiger charge is -2.06. The summed E-state index contributed by atoms with van der Waals surface area (Å²) >= 11 is 1.38. The highest BCUT2D eigenvalue weighted by molar-refractivity contribution is 7.09. The van der Waals surface area contributed by atoms with Crippen molar-refractivity contribution in [3.05, 3.63) is 40.1 Å². The molecule has 7 heteroatoms. The highest BCUT2D eigenvalue weighted by Gasteiger charge is 2.06. The monoisotopic (exact) mass is 298 g/mol. The molecule has 0 aliphatic carbocycles. The van der Waals surface area contributed by atoms with Gasteiger partial charge in [-0.3, -0.25) is 9.36 Å². The fourth-order valence-corrected chi connectivity index (χ4v) is 2.52. The van der Waals surface area contributed by atoms with Crippen LogP contribution in [0, 0.1) is 6.92 Å². The van der Waals surface area contributed by atoms with Gasteiger partial charge in [0.25, 0.3) is 0 Å². The molecule has 0 aliphatic heterocycles. The van der Waals surface area contributed by atoms with E-state index in [0.717, 1.165) is 10.6 Å². The van der Waals surface area contributed by atoms with Crippen molar-refractivity contribution in [2.75, 3.05) is 0 Å². The number of thiazole rings is 1. The predicted octanol–water partition coefficient (Wildman–Crippen LogP) is 2.90. The summed E-state index contributed by atoms with van der Waals surface area (Å²) in [5.41, 5.74) is 0.718. The summed E-state index contributed by atoms with van der Waals surface area (Å²) in [6.45, 7) is 0.424. The largest absolute Gasteiger partial charge is 0.435 e. The van der Waals surface area contributed by atoms with E-state index in [1.807, 2.05) is 13.1 Å². The van der Waals surface area contributed by atoms with Crippen LogP contribution in [0.25, 0.3) is 5.69 Å². The molecule has 1 aromatic heterocycles. The highest BCUT2D eigenvalue weighted by Crippen LogP contribution is 2.17. The Morgan fingerprint density at radius 2 is 2.00 bits per heavy atom.